The summed E-state index contributed by atoms with van der Waals surface area (Å²) in [4.78, 5) is 4.47. The fraction of sp³-hybridized carbons (Fsp3) is 0.312. The van der Waals surface area contributed by atoms with Gasteiger partial charge in [-0.3, -0.25) is 0 Å². The Bertz CT molecular complexity index is 793. The number of benzene rings is 1. The maximum absolute atomic E-state index is 5.40. The van der Waals surface area contributed by atoms with Gasteiger partial charge in [0.05, 0.1) is 23.1 Å². The Hall–Kier alpha value is -1.99. The molecule has 1 unspecified atom stereocenters. The fourth-order valence-corrected chi connectivity index (χ4v) is 2.55. The van der Waals surface area contributed by atoms with Crippen LogP contribution in [0.3, 0.4) is 0 Å². The molecular formula is C16H18BrN5O. The molecular weight excluding hydrogens is 358 g/mol. The molecule has 3 rings (SSSR count). The van der Waals surface area contributed by atoms with Crippen LogP contribution in [0.5, 0.6) is 0 Å². The summed E-state index contributed by atoms with van der Waals surface area (Å²) in [5.74, 6) is 1.20. The van der Waals surface area contributed by atoms with E-state index in [1.807, 2.05) is 42.9 Å². The number of halogens is 1. The summed E-state index contributed by atoms with van der Waals surface area (Å²) in [6.07, 6.45) is 2.48. The fourth-order valence-electron chi connectivity index (χ4n) is 2.28. The normalized spacial score (nSPS) is 12.5. The molecule has 2 heterocycles. The van der Waals surface area contributed by atoms with Gasteiger partial charge >= 0.3 is 0 Å². The summed E-state index contributed by atoms with van der Waals surface area (Å²) >= 11 is 3.44. The molecule has 1 aromatic carbocycles. The van der Waals surface area contributed by atoms with Crippen LogP contribution in [0.15, 0.2) is 39.5 Å². The van der Waals surface area contributed by atoms with E-state index in [2.05, 4.69) is 43.4 Å². The van der Waals surface area contributed by atoms with Gasteiger partial charge in [0.15, 0.2) is 5.82 Å². The second kappa shape index (κ2) is 6.64. The molecule has 0 bridgehead atoms. The highest BCUT2D eigenvalue weighted by Gasteiger charge is 2.17. The minimum atomic E-state index is 0.298. The monoisotopic (exact) mass is 375 g/mol. The zero-order chi connectivity index (χ0) is 16.4. The van der Waals surface area contributed by atoms with Crippen molar-refractivity contribution >= 4 is 15.9 Å². The molecule has 1 atom stereocenters. The predicted octanol–water partition coefficient (Wildman–Crippen LogP) is 3.14. The molecule has 0 saturated heterocycles. The van der Waals surface area contributed by atoms with Crippen molar-refractivity contribution in [2.75, 3.05) is 7.05 Å². The highest BCUT2D eigenvalue weighted by atomic mass is 79.9. The second-order valence-electron chi connectivity index (χ2n) is 5.44. The van der Waals surface area contributed by atoms with Crippen LogP contribution in [-0.2, 0) is 6.42 Å². The quantitative estimate of drug-likeness (QED) is 0.741. The smallest absolute Gasteiger partial charge is 0.261 e. The summed E-state index contributed by atoms with van der Waals surface area (Å²) in [6, 6.07) is 8.27. The van der Waals surface area contributed by atoms with Crippen LogP contribution < -0.4 is 5.32 Å². The number of nitrogens with zero attached hydrogens (tertiary/aromatic N) is 4. The summed E-state index contributed by atoms with van der Waals surface area (Å²) in [7, 11) is 1.91. The van der Waals surface area contributed by atoms with Crippen molar-refractivity contribution in [1.29, 1.82) is 0 Å². The standard InChI is InChI=1S/C16H18BrN5O/c1-10(18-3)8-15-20-16(23-21-15)14-9-19-22(11(14)2)13-6-4-12(17)5-7-13/h4-7,9-10,18H,8H2,1-3H3. The Balaban J connectivity index is 1.88. The maximum atomic E-state index is 5.40. The van der Waals surface area contributed by atoms with Crippen molar-refractivity contribution in [3.05, 3.63) is 46.5 Å². The molecule has 0 aliphatic rings. The van der Waals surface area contributed by atoms with Gasteiger partial charge in [-0.2, -0.15) is 10.1 Å². The lowest BCUT2D eigenvalue weighted by Crippen LogP contribution is -2.24. The van der Waals surface area contributed by atoms with E-state index >= 15 is 0 Å². The summed E-state index contributed by atoms with van der Waals surface area (Å²) in [5, 5.41) is 11.6. The van der Waals surface area contributed by atoms with E-state index < -0.39 is 0 Å². The van der Waals surface area contributed by atoms with E-state index in [1.54, 1.807) is 6.20 Å². The van der Waals surface area contributed by atoms with Gasteiger partial charge in [0.25, 0.3) is 5.89 Å². The molecule has 0 fully saturated rings. The molecule has 0 aliphatic heterocycles. The van der Waals surface area contributed by atoms with Crippen molar-refractivity contribution in [2.45, 2.75) is 26.3 Å². The number of aromatic nitrogens is 4. The largest absolute Gasteiger partial charge is 0.334 e. The molecule has 0 saturated carbocycles. The van der Waals surface area contributed by atoms with Gasteiger partial charge in [0.1, 0.15) is 0 Å². The highest BCUT2D eigenvalue weighted by molar-refractivity contribution is 9.10. The van der Waals surface area contributed by atoms with E-state index in [0.717, 1.165) is 27.8 Å². The Morgan fingerprint density at radius 1 is 1.30 bits per heavy atom. The zero-order valence-electron chi connectivity index (χ0n) is 13.2. The molecule has 120 valence electrons. The average Bonchev–Trinajstić information content (AvgIpc) is 3.14. The third kappa shape index (κ3) is 3.35. The third-order valence-electron chi connectivity index (χ3n) is 3.76. The van der Waals surface area contributed by atoms with Crippen LogP contribution >= 0.6 is 15.9 Å². The van der Waals surface area contributed by atoms with Gasteiger partial charge in [0, 0.05) is 16.9 Å². The third-order valence-corrected chi connectivity index (χ3v) is 4.29. The average molecular weight is 376 g/mol. The van der Waals surface area contributed by atoms with Gasteiger partial charge in [-0.1, -0.05) is 21.1 Å². The zero-order valence-corrected chi connectivity index (χ0v) is 14.8. The first kappa shape index (κ1) is 15.9. The lowest BCUT2D eigenvalue weighted by molar-refractivity contribution is 0.418. The van der Waals surface area contributed by atoms with Crippen molar-refractivity contribution in [3.63, 3.8) is 0 Å². The maximum Gasteiger partial charge on any atom is 0.261 e. The minimum Gasteiger partial charge on any atom is -0.334 e. The van der Waals surface area contributed by atoms with E-state index in [9.17, 15) is 0 Å². The van der Waals surface area contributed by atoms with Crippen LogP contribution in [0.2, 0.25) is 0 Å². The molecule has 3 aromatic rings. The lowest BCUT2D eigenvalue weighted by Gasteiger charge is -2.05. The number of rotatable bonds is 5. The van der Waals surface area contributed by atoms with E-state index in [0.29, 0.717) is 17.8 Å². The number of hydrogen-bond acceptors (Lipinski definition) is 5. The van der Waals surface area contributed by atoms with Crippen molar-refractivity contribution in [3.8, 4) is 17.1 Å². The van der Waals surface area contributed by atoms with Crippen LogP contribution in [-0.4, -0.2) is 33.0 Å². The SMILES string of the molecule is CNC(C)Cc1noc(-c2cnn(-c3ccc(Br)cc3)c2C)n1. The van der Waals surface area contributed by atoms with E-state index in [-0.39, 0.29) is 0 Å². The molecule has 7 heteroatoms. The van der Waals surface area contributed by atoms with Crippen LogP contribution in [0, 0.1) is 6.92 Å². The topological polar surface area (TPSA) is 68.8 Å². The summed E-state index contributed by atoms with van der Waals surface area (Å²) in [5.41, 5.74) is 2.80. The molecule has 0 spiro atoms. The van der Waals surface area contributed by atoms with E-state index in [1.165, 1.54) is 0 Å². The van der Waals surface area contributed by atoms with Gasteiger partial charge in [-0.05, 0) is 45.2 Å². The van der Waals surface area contributed by atoms with Crippen LogP contribution in [0.25, 0.3) is 17.1 Å². The first-order valence-corrected chi connectivity index (χ1v) is 8.18. The predicted molar refractivity (Wildman–Crippen MR) is 91.5 cm³/mol. The molecule has 2 aromatic heterocycles. The van der Waals surface area contributed by atoms with Crippen molar-refractivity contribution < 1.29 is 4.52 Å². The molecule has 0 aliphatic carbocycles. The number of nitrogens with one attached hydrogen (secondary N) is 1. The summed E-state index contributed by atoms with van der Waals surface area (Å²) < 4.78 is 8.29. The molecule has 23 heavy (non-hydrogen) atoms. The van der Waals surface area contributed by atoms with Gasteiger partial charge in [0.2, 0.25) is 0 Å². The second-order valence-corrected chi connectivity index (χ2v) is 6.36. The Labute approximate surface area is 143 Å². The Kier molecular flexibility index (Phi) is 4.58. The van der Waals surface area contributed by atoms with Gasteiger partial charge in [-0.15, -0.1) is 0 Å². The Morgan fingerprint density at radius 3 is 2.74 bits per heavy atom. The van der Waals surface area contributed by atoms with Crippen LogP contribution in [0.4, 0.5) is 0 Å². The van der Waals surface area contributed by atoms with Crippen LogP contribution in [0.1, 0.15) is 18.4 Å². The van der Waals surface area contributed by atoms with E-state index in [4.69, 9.17) is 4.52 Å². The number of likely N-dealkylation sites (N-methyl/N-ethyl adjacent to an activating group) is 1. The first-order valence-electron chi connectivity index (χ1n) is 7.39. The van der Waals surface area contributed by atoms with Crippen molar-refractivity contribution in [2.24, 2.45) is 0 Å². The van der Waals surface area contributed by atoms with Gasteiger partial charge < -0.3 is 9.84 Å². The molecule has 6 nitrogen and oxygen atoms in total. The van der Waals surface area contributed by atoms with Gasteiger partial charge in [-0.25, -0.2) is 4.68 Å². The number of hydrogen-bond donors (Lipinski definition) is 1. The summed E-state index contributed by atoms with van der Waals surface area (Å²) in [6.45, 7) is 4.07. The van der Waals surface area contributed by atoms with Crippen molar-refractivity contribution in [1.82, 2.24) is 25.2 Å². The lowest BCUT2D eigenvalue weighted by atomic mass is 10.2. The molecule has 1 N–H and O–H groups in total. The first-order chi connectivity index (χ1) is 11.1. The Morgan fingerprint density at radius 2 is 2.04 bits per heavy atom. The molecule has 0 amide bonds. The molecule has 0 radical (unpaired) electrons. The minimum absolute atomic E-state index is 0.298. The highest BCUT2D eigenvalue weighted by Crippen LogP contribution is 2.24.